The minimum absolute atomic E-state index is 0.314. The maximum atomic E-state index is 10.8. The topological polar surface area (TPSA) is 41.3 Å². The number of hydrogen-bond acceptors (Lipinski definition) is 3. The van der Waals surface area contributed by atoms with Gasteiger partial charge in [-0.1, -0.05) is 38.5 Å². The van der Waals surface area contributed by atoms with E-state index in [1.807, 2.05) is 29.1 Å². The van der Waals surface area contributed by atoms with Gasteiger partial charge in [0.1, 0.15) is 0 Å². The van der Waals surface area contributed by atoms with Gasteiger partial charge in [-0.15, -0.1) is 0 Å². The number of aromatic nitrogens is 2. The van der Waals surface area contributed by atoms with Gasteiger partial charge in [-0.05, 0) is 63.4 Å². The second kappa shape index (κ2) is 8.63. The number of nitrogens with zero attached hydrogens (tertiary/aromatic N) is 3. The molecule has 0 spiro atoms. The second-order valence-corrected chi connectivity index (χ2v) is 7.45. The van der Waals surface area contributed by atoms with Crippen molar-refractivity contribution >= 4 is 0 Å². The number of piperidine rings is 1. The summed E-state index contributed by atoms with van der Waals surface area (Å²) in [7, 11) is 0. The number of hydrogen-bond donors (Lipinski definition) is 1. The molecule has 0 radical (unpaired) electrons. The summed E-state index contributed by atoms with van der Waals surface area (Å²) in [5, 5.41) is 15.3. The summed E-state index contributed by atoms with van der Waals surface area (Å²) in [6, 6.07) is 10.2. The van der Waals surface area contributed by atoms with Crippen molar-refractivity contribution in [2.45, 2.75) is 58.0 Å². The second-order valence-electron chi connectivity index (χ2n) is 7.45. The monoisotopic (exact) mass is 341 g/mol. The Labute approximate surface area is 151 Å². The molecule has 4 heteroatoms. The molecule has 2 aromatic rings. The van der Waals surface area contributed by atoms with Gasteiger partial charge in [-0.2, -0.15) is 5.10 Å². The molecule has 0 amide bonds. The largest absolute Gasteiger partial charge is 0.388 e. The number of benzene rings is 1. The maximum absolute atomic E-state index is 10.8. The van der Waals surface area contributed by atoms with Crippen molar-refractivity contribution in [3.8, 4) is 5.69 Å². The fraction of sp³-hybridized carbons (Fsp3) is 0.571. The summed E-state index contributed by atoms with van der Waals surface area (Å²) in [4.78, 5) is 2.53. The van der Waals surface area contributed by atoms with Crippen LogP contribution < -0.4 is 0 Å². The van der Waals surface area contributed by atoms with E-state index >= 15 is 0 Å². The average Bonchev–Trinajstić information content (AvgIpc) is 3.09. The molecule has 3 rings (SSSR count). The van der Waals surface area contributed by atoms with Gasteiger partial charge in [0.25, 0.3) is 0 Å². The van der Waals surface area contributed by atoms with Crippen LogP contribution in [-0.2, 0) is 0 Å². The molecule has 1 aliphatic heterocycles. The summed E-state index contributed by atoms with van der Waals surface area (Å²) < 4.78 is 1.98. The zero-order valence-corrected chi connectivity index (χ0v) is 15.6. The Morgan fingerprint density at radius 3 is 2.48 bits per heavy atom. The first kappa shape index (κ1) is 18.2. The molecule has 25 heavy (non-hydrogen) atoms. The Bertz CT molecular complexity index is 644. The fourth-order valence-electron chi connectivity index (χ4n) is 3.83. The van der Waals surface area contributed by atoms with Crippen LogP contribution in [0.2, 0.25) is 0 Å². The van der Waals surface area contributed by atoms with E-state index in [0.717, 1.165) is 36.3 Å². The Kier molecular flexibility index (Phi) is 6.27. The van der Waals surface area contributed by atoms with Gasteiger partial charge >= 0.3 is 0 Å². The van der Waals surface area contributed by atoms with Crippen LogP contribution in [-0.4, -0.2) is 39.4 Å². The standard InChI is InChI=1S/C21H31N3O/c1-17(2)21-19(16-22-24(21)18-10-5-3-6-11-18)20(25)12-9-15-23-13-7-4-8-14-23/h3,5-6,10-11,16-17,20,25H,4,7-9,12-15H2,1-2H3. The third-order valence-corrected chi connectivity index (χ3v) is 5.14. The van der Waals surface area contributed by atoms with E-state index in [1.54, 1.807) is 0 Å². The highest BCUT2D eigenvalue weighted by Gasteiger charge is 2.21. The van der Waals surface area contributed by atoms with Gasteiger partial charge in [0.05, 0.1) is 23.7 Å². The molecule has 0 aliphatic carbocycles. The number of rotatable bonds is 7. The highest BCUT2D eigenvalue weighted by atomic mass is 16.3. The van der Waals surface area contributed by atoms with Crippen LogP contribution in [0.4, 0.5) is 0 Å². The van der Waals surface area contributed by atoms with Crippen molar-refractivity contribution in [2.24, 2.45) is 0 Å². The lowest BCUT2D eigenvalue weighted by molar-refractivity contribution is 0.149. The molecule has 4 nitrogen and oxygen atoms in total. The number of aliphatic hydroxyl groups is 1. The van der Waals surface area contributed by atoms with Crippen molar-refractivity contribution in [3.63, 3.8) is 0 Å². The molecular weight excluding hydrogens is 310 g/mol. The van der Waals surface area contributed by atoms with E-state index < -0.39 is 6.10 Å². The first-order valence-corrected chi connectivity index (χ1v) is 9.70. The predicted octanol–water partition coefficient (Wildman–Crippen LogP) is 4.30. The smallest absolute Gasteiger partial charge is 0.0824 e. The minimum Gasteiger partial charge on any atom is -0.388 e. The third kappa shape index (κ3) is 4.50. The van der Waals surface area contributed by atoms with Gasteiger partial charge in [0, 0.05) is 5.56 Å². The summed E-state index contributed by atoms with van der Waals surface area (Å²) in [6.45, 7) is 7.88. The quantitative estimate of drug-likeness (QED) is 0.816. The lowest BCUT2D eigenvalue weighted by Gasteiger charge is -2.26. The number of likely N-dealkylation sites (tertiary alicyclic amines) is 1. The SMILES string of the molecule is CC(C)c1c(C(O)CCCN2CCCCC2)cnn1-c1ccccc1. The highest BCUT2D eigenvalue weighted by molar-refractivity contribution is 5.36. The van der Waals surface area contributed by atoms with Gasteiger partial charge in [0.15, 0.2) is 0 Å². The van der Waals surface area contributed by atoms with Crippen LogP contribution in [0.15, 0.2) is 36.5 Å². The predicted molar refractivity (Wildman–Crippen MR) is 102 cm³/mol. The van der Waals surface area contributed by atoms with Gasteiger partial charge in [-0.3, -0.25) is 0 Å². The van der Waals surface area contributed by atoms with Crippen molar-refractivity contribution < 1.29 is 5.11 Å². The number of aliphatic hydroxyl groups excluding tert-OH is 1. The van der Waals surface area contributed by atoms with Crippen LogP contribution in [0.5, 0.6) is 0 Å². The lowest BCUT2D eigenvalue weighted by Crippen LogP contribution is -2.30. The first-order chi connectivity index (χ1) is 12.2. The van der Waals surface area contributed by atoms with Gasteiger partial charge < -0.3 is 10.0 Å². The van der Waals surface area contributed by atoms with E-state index in [1.165, 1.54) is 32.4 Å². The molecular formula is C21H31N3O. The molecule has 1 fully saturated rings. The van der Waals surface area contributed by atoms with Crippen LogP contribution in [0.1, 0.15) is 69.2 Å². The van der Waals surface area contributed by atoms with Crippen LogP contribution in [0.3, 0.4) is 0 Å². The Morgan fingerprint density at radius 1 is 1.08 bits per heavy atom. The van der Waals surface area contributed by atoms with E-state index in [2.05, 4.69) is 36.0 Å². The summed E-state index contributed by atoms with van der Waals surface area (Å²) >= 11 is 0. The van der Waals surface area contributed by atoms with Crippen LogP contribution in [0, 0.1) is 0 Å². The summed E-state index contributed by atoms with van der Waals surface area (Å²) in [5.41, 5.74) is 3.16. The van der Waals surface area contributed by atoms with Crippen molar-refractivity contribution in [1.82, 2.24) is 14.7 Å². The first-order valence-electron chi connectivity index (χ1n) is 9.70. The minimum atomic E-state index is -0.431. The maximum Gasteiger partial charge on any atom is 0.0824 e. The zero-order chi connectivity index (χ0) is 17.6. The fourth-order valence-corrected chi connectivity index (χ4v) is 3.83. The molecule has 1 aromatic heterocycles. The number of para-hydroxylation sites is 1. The highest BCUT2D eigenvalue weighted by Crippen LogP contribution is 2.29. The molecule has 0 bridgehead atoms. The molecule has 1 aromatic carbocycles. The Hall–Kier alpha value is -1.65. The lowest BCUT2D eigenvalue weighted by atomic mass is 9.99. The van der Waals surface area contributed by atoms with Gasteiger partial charge in [-0.25, -0.2) is 4.68 Å². The molecule has 1 aliphatic rings. The van der Waals surface area contributed by atoms with E-state index in [-0.39, 0.29) is 0 Å². The molecule has 1 unspecified atom stereocenters. The third-order valence-electron chi connectivity index (χ3n) is 5.14. The van der Waals surface area contributed by atoms with E-state index in [4.69, 9.17) is 0 Å². The normalized spacial score (nSPS) is 17.1. The van der Waals surface area contributed by atoms with E-state index in [0.29, 0.717) is 5.92 Å². The van der Waals surface area contributed by atoms with Gasteiger partial charge in [0.2, 0.25) is 0 Å². The van der Waals surface area contributed by atoms with Crippen LogP contribution in [0.25, 0.3) is 5.69 Å². The van der Waals surface area contributed by atoms with Crippen molar-refractivity contribution in [3.05, 3.63) is 47.8 Å². The molecule has 1 N–H and O–H groups in total. The molecule has 1 saturated heterocycles. The zero-order valence-electron chi connectivity index (χ0n) is 15.6. The average molecular weight is 341 g/mol. The van der Waals surface area contributed by atoms with E-state index in [9.17, 15) is 5.11 Å². The summed E-state index contributed by atoms with van der Waals surface area (Å²) in [6.07, 6.45) is 7.28. The molecule has 136 valence electrons. The van der Waals surface area contributed by atoms with Crippen LogP contribution >= 0.6 is 0 Å². The molecule has 1 atom stereocenters. The van der Waals surface area contributed by atoms with Crippen molar-refractivity contribution in [2.75, 3.05) is 19.6 Å². The Balaban J connectivity index is 1.67. The van der Waals surface area contributed by atoms with Crippen molar-refractivity contribution in [1.29, 1.82) is 0 Å². The Morgan fingerprint density at radius 2 is 1.80 bits per heavy atom. The molecule has 0 saturated carbocycles. The summed E-state index contributed by atoms with van der Waals surface area (Å²) in [5.74, 6) is 0.314. The molecule has 2 heterocycles.